The quantitative estimate of drug-likeness (QED) is 0.791. The number of imide groups is 1. The largest absolute Gasteiger partial charge is 0.489 e. The van der Waals surface area contributed by atoms with E-state index in [0.717, 1.165) is 16.2 Å². The van der Waals surface area contributed by atoms with E-state index in [1.807, 2.05) is 30.3 Å². The first-order valence-electron chi connectivity index (χ1n) is 8.61. The van der Waals surface area contributed by atoms with Gasteiger partial charge in [0.25, 0.3) is 5.91 Å². The standard InChI is InChI=1S/C20H20N2O5/c1-14(18(23)22-12-11-21-20(22)25)27-19(24)16-9-7-15(8-10-16)13-26-17-5-3-2-4-6-17/h2-10,14H,11-13H2,1H3,(H,21,25)/t14-/m1/s1. The number of urea groups is 1. The highest BCUT2D eigenvalue weighted by atomic mass is 16.5. The van der Waals surface area contributed by atoms with Gasteiger partial charge >= 0.3 is 12.0 Å². The number of nitrogens with zero attached hydrogens (tertiary/aromatic N) is 1. The van der Waals surface area contributed by atoms with Crippen LogP contribution in [0.4, 0.5) is 4.79 Å². The lowest BCUT2D eigenvalue weighted by molar-refractivity contribution is -0.136. The fraction of sp³-hybridized carbons (Fsp3) is 0.250. The molecule has 1 aliphatic heterocycles. The second-order valence-corrected chi connectivity index (χ2v) is 6.07. The molecule has 1 heterocycles. The molecule has 3 amide bonds. The van der Waals surface area contributed by atoms with E-state index in [1.54, 1.807) is 24.3 Å². The Labute approximate surface area is 156 Å². The number of carbonyl (C=O) groups excluding carboxylic acids is 3. The van der Waals surface area contributed by atoms with Crippen LogP contribution >= 0.6 is 0 Å². The van der Waals surface area contributed by atoms with E-state index in [0.29, 0.717) is 18.7 Å². The maximum Gasteiger partial charge on any atom is 0.338 e. The van der Waals surface area contributed by atoms with Crippen LogP contribution in [-0.2, 0) is 16.1 Å². The number of ether oxygens (including phenoxy) is 2. The Morgan fingerprint density at radius 3 is 2.44 bits per heavy atom. The molecule has 0 unspecified atom stereocenters. The molecule has 140 valence electrons. The second kappa shape index (κ2) is 8.35. The van der Waals surface area contributed by atoms with Crippen molar-refractivity contribution in [3.8, 4) is 5.75 Å². The zero-order valence-corrected chi connectivity index (χ0v) is 14.9. The molecular formula is C20H20N2O5. The maximum atomic E-state index is 12.2. The molecule has 1 aliphatic rings. The summed E-state index contributed by atoms with van der Waals surface area (Å²) in [4.78, 5) is 37.0. The van der Waals surface area contributed by atoms with Gasteiger partial charge in [0, 0.05) is 13.1 Å². The number of nitrogens with one attached hydrogen (secondary N) is 1. The number of benzene rings is 2. The third kappa shape index (κ3) is 4.63. The van der Waals surface area contributed by atoms with Crippen molar-refractivity contribution in [2.24, 2.45) is 0 Å². The van der Waals surface area contributed by atoms with Crippen molar-refractivity contribution in [2.75, 3.05) is 13.1 Å². The second-order valence-electron chi connectivity index (χ2n) is 6.07. The van der Waals surface area contributed by atoms with Crippen LogP contribution in [0.3, 0.4) is 0 Å². The van der Waals surface area contributed by atoms with Crippen molar-refractivity contribution in [1.82, 2.24) is 10.2 Å². The summed E-state index contributed by atoms with van der Waals surface area (Å²) in [6.07, 6.45) is -1.04. The van der Waals surface area contributed by atoms with Crippen LogP contribution < -0.4 is 10.1 Å². The molecule has 7 heteroatoms. The van der Waals surface area contributed by atoms with E-state index >= 15 is 0 Å². The monoisotopic (exact) mass is 368 g/mol. The first kappa shape index (κ1) is 18.4. The fourth-order valence-corrected chi connectivity index (χ4v) is 2.60. The molecule has 0 spiro atoms. The van der Waals surface area contributed by atoms with E-state index in [2.05, 4.69) is 5.32 Å². The predicted octanol–water partition coefficient (Wildman–Crippen LogP) is 2.36. The third-order valence-corrected chi connectivity index (χ3v) is 4.09. The van der Waals surface area contributed by atoms with Crippen LogP contribution in [0, 0.1) is 0 Å². The minimum absolute atomic E-state index is 0.273. The van der Waals surface area contributed by atoms with Gasteiger partial charge in [-0.1, -0.05) is 30.3 Å². The SMILES string of the molecule is C[C@@H](OC(=O)c1ccc(COc2ccccc2)cc1)C(=O)N1CCNC1=O. The summed E-state index contributed by atoms with van der Waals surface area (Å²) in [5, 5.41) is 2.53. The number of hydrogen-bond donors (Lipinski definition) is 1. The van der Waals surface area contributed by atoms with E-state index in [9.17, 15) is 14.4 Å². The average molecular weight is 368 g/mol. The number of para-hydroxylation sites is 1. The summed E-state index contributed by atoms with van der Waals surface area (Å²) < 4.78 is 10.8. The molecule has 1 atom stereocenters. The van der Waals surface area contributed by atoms with Gasteiger partial charge in [0.15, 0.2) is 6.10 Å². The molecule has 0 aromatic heterocycles. The van der Waals surface area contributed by atoms with Gasteiger partial charge in [0.1, 0.15) is 12.4 Å². The highest BCUT2D eigenvalue weighted by Gasteiger charge is 2.31. The molecule has 1 N–H and O–H groups in total. The van der Waals surface area contributed by atoms with Crippen LogP contribution in [-0.4, -0.2) is 42.0 Å². The van der Waals surface area contributed by atoms with Crippen molar-refractivity contribution in [3.63, 3.8) is 0 Å². The molecule has 1 fully saturated rings. The van der Waals surface area contributed by atoms with Crippen LogP contribution in [0.5, 0.6) is 5.75 Å². The van der Waals surface area contributed by atoms with Crippen molar-refractivity contribution < 1.29 is 23.9 Å². The van der Waals surface area contributed by atoms with Gasteiger partial charge in [-0.3, -0.25) is 9.69 Å². The van der Waals surface area contributed by atoms with Crippen molar-refractivity contribution in [3.05, 3.63) is 65.7 Å². The molecule has 3 rings (SSSR count). The number of rotatable bonds is 6. The summed E-state index contributed by atoms with van der Waals surface area (Å²) in [7, 11) is 0. The van der Waals surface area contributed by atoms with Crippen LogP contribution in [0.25, 0.3) is 0 Å². The molecule has 7 nitrogen and oxygen atoms in total. The Bertz CT molecular complexity index is 820. The van der Waals surface area contributed by atoms with E-state index in [1.165, 1.54) is 6.92 Å². The molecule has 27 heavy (non-hydrogen) atoms. The van der Waals surface area contributed by atoms with Crippen molar-refractivity contribution in [2.45, 2.75) is 19.6 Å². The van der Waals surface area contributed by atoms with Crippen LogP contribution in [0.1, 0.15) is 22.8 Å². The van der Waals surface area contributed by atoms with Crippen molar-refractivity contribution in [1.29, 1.82) is 0 Å². The molecular weight excluding hydrogens is 348 g/mol. The lowest BCUT2D eigenvalue weighted by Gasteiger charge is -2.18. The lowest BCUT2D eigenvalue weighted by Crippen LogP contribution is -2.41. The third-order valence-electron chi connectivity index (χ3n) is 4.09. The number of amides is 3. The number of carbonyl (C=O) groups is 3. The van der Waals surface area contributed by atoms with Gasteiger partial charge in [-0.05, 0) is 36.8 Å². The normalized spacial score (nSPS) is 14.4. The van der Waals surface area contributed by atoms with Crippen LogP contribution in [0.2, 0.25) is 0 Å². The van der Waals surface area contributed by atoms with E-state index in [-0.39, 0.29) is 6.54 Å². The summed E-state index contributed by atoms with van der Waals surface area (Å²) >= 11 is 0. The molecule has 2 aromatic rings. The van der Waals surface area contributed by atoms with Gasteiger partial charge in [-0.2, -0.15) is 0 Å². The molecule has 0 bridgehead atoms. The highest BCUT2D eigenvalue weighted by molar-refractivity contribution is 5.99. The summed E-state index contributed by atoms with van der Waals surface area (Å²) in [5.74, 6) is -0.392. The smallest absolute Gasteiger partial charge is 0.338 e. The zero-order chi connectivity index (χ0) is 19.2. The molecule has 0 saturated carbocycles. The topological polar surface area (TPSA) is 84.9 Å². The average Bonchev–Trinajstić information content (AvgIpc) is 3.12. The van der Waals surface area contributed by atoms with Gasteiger partial charge in [0.05, 0.1) is 5.56 Å². The maximum absolute atomic E-state index is 12.2. The van der Waals surface area contributed by atoms with Gasteiger partial charge in [0.2, 0.25) is 0 Å². The Balaban J connectivity index is 1.54. The van der Waals surface area contributed by atoms with Crippen molar-refractivity contribution >= 4 is 17.9 Å². The Hall–Kier alpha value is -3.35. The van der Waals surface area contributed by atoms with Gasteiger partial charge in [-0.25, -0.2) is 9.59 Å². The Morgan fingerprint density at radius 1 is 1.11 bits per heavy atom. The minimum Gasteiger partial charge on any atom is -0.489 e. The van der Waals surface area contributed by atoms with E-state index < -0.39 is 24.0 Å². The summed E-state index contributed by atoms with van der Waals surface area (Å²) in [5.41, 5.74) is 1.22. The molecule has 0 radical (unpaired) electrons. The number of esters is 1. The first-order chi connectivity index (χ1) is 13.0. The highest BCUT2D eigenvalue weighted by Crippen LogP contribution is 2.13. The fourth-order valence-electron chi connectivity index (χ4n) is 2.60. The summed E-state index contributed by atoms with van der Waals surface area (Å²) in [6.45, 7) is 2.50. The molecule has 2 aromatic carbocycles. The Kier molecular flexibility index (Phi) is 5.71. The molecule has 1 saturated heterocycles. The van der Waals surface area contributed by atoms with Gasteiger partial charge in [-0.15, -0.1) is 0 Å². The lowest BCUT2D eigenvalue weighted by atomic mass is 10.1. The van der Waals surface area contributed by atoms with E-state index in [4.69, 9.17) is 9.47 Å². The van der Waals surface area contributed by atoms with Crippen LogP contribution in [0.15, 0.2) is 54.6 Å². The Morgan fingerprint density at radius 2 is 1.81 bits per heavy atom. The first-order valence-corrected chi connectivity index (χ1v) is 8.61. The minimum atomic E-state index is -1.04. The van der Waals surface area contributed by atoms with Gasteiger partial charge < -0.3 is 14.8 Å². The zero-order valence-electron chi connectivity index (χ0n) is 14.9. The molecule has 0 aliphatic carbocycles. The predicted molar refractivity (Wildman–Crippen MR) is 97.2 cm³/mol. The summed E-state index contributed by atoms with van der Waals surface area (Å²) in [6, 6.07) is 15.7. The number of hydrogen-bond acceptors (Lipinski definition) is 5.